The van der Waals surface area contributed by atoms with Crippen LogP contribution in [0.2, 0.25) is 0 Å². The highest BCUT2D eigenvalue weighted by Gasteiger charge is 2.32. The number of carbonyl (C=O) groups excluding carboxylic acids is 1. The normalized spacial score (nSPS) is 16.3. The molecule has 0 heterocycles. The highest BCUT2D eigenvalue weighted by molar-refractivity contribution is 5.77. The van der Waals surface area contributed by atoms with Crippen molar-refractivity contribution in [2.45, 2.75) is 44.8 Å². The van der Waals surface area contributed by atoms with Gasteiger partial charge < -0.3 is 15.7 Å². The predicted molar refractivity (Wildman–Crippen MR) is 69.9 cm³/mol. The van der Waals surface area contributed by atoms with Gasteiger partial charge in [0, 0.05) is 25.0 Å². The van der Waals surface area contributed by atoms with Gasteiger partial charge in [0.15, 0.2) is 0 Å². The Bertz CT molecular complexity index is 428. The number of aromatic hydroxyl groups is 1. The summed E-state index contributed by atoms with van der Waals surface area (Å²) in [5.41, 5.74) is 6.64. The van der Waals surface area contributed by atoms with Gasteiger partial charge in [-0.3, -0.25) is 4.79 Å². The summed E-state index contributed by atoms with van der Waals surface area (Å²) in [7, 11) is 0. The van der Waals surface area contributed by atoms with E-state index in [1.807, 2.05) is 17.9 Å². The van der Waals surface area contributed by atoms with Crippen LogP contribution in [0.5, 0.6) is 5.75 Å². The summed E-state index contributed by atoms with van der Waals surface area (Å²) in [4.78, 5) is 14.0. The minimum absolute atomic E-state index is 0.107. The second-order valence-electron chi connectivity index (χ2n) is 5.10. The molecule has 1 atom stereocenters. The van der Waals surface area contributed by atoms with Crippen molar-refractivity contribution in [1.29, 1.82) is 0 Å². The number of hydrogen-bond donors (Lipinski definition) is 2. The lowest BCUT2D eigenvalue weighted by molar-refractivity contribution is -0.132. The fourth-order valence-corrected chi connectivity index (χ4v) is 2.05. The summed E-state index contributed by atoms with van der Waals surface area (Å²) < 4.78 is 0. The van der Waals surface area contributed by atoms with E-state index in [0.717, 1.165) is 18.4 Å². The van der Waals surface area contributed by atoms with Crippen molar-refractivity contribution in [2.75, 3.05) is 0 Å². The second-order valence-corrected chi connectivity index (χ2v) is 5.10. The molecule has 1 saturated carbocycles. The molecule has 2 rings (SSSR count). The second kappa shape index (κ2) is 5.40. The van der Waals surface area contributed by atoms with Crippen LogP contribution in [0.1, 0.15) is 31.7 Å². The van der Waals surface area contributed by atoms with Gasteiger partial charge >= 0.3 is 0 Å². The van der Waals surface area contributed by atoms with E-state index in [4.69, 9.17) is 5.73 Å². The third-order valence-corrected chi connectivity index (χ3v) is 3.07. The summed E-state index contributed by atoms with van der Waals surface area (Å²) in [6, 6.07) is 7.31. The van der Waals surface area contributed by atoms with Crippen LogP contribution in [0.3, 0.4) is 0 Å². The van der Waals surface area contributed by atoms with Crippen LogP contribution in [0.4, 0.5) is 0 Å². The van der Waals surface area contributed by atoms with Gasteiger partial charge in [-0.25, -0.2) is 0 Å². The van der Waals surface area contributed by atoms with Gasteiger partial charge in [-0.05, 0) is 37.5 Å². The van der Waals surface area contributed by atoms with Gasteiger partial charge in [-0.15, -0.1) is 0 Å². The molecule has 4 heteroatoms. The van der Waals surface area contributed by atoms with Crippen LogP contribution in [0.15, 0.2) is 24.3 Å². The van der Waals surface area contributed by atoms with Crippen molar-refractivity contribution in [3.05, 3.63) is 29.8 Å². The third kappa shape index (κ3) is 3.47. The van der Waals surface area contributed by atoms with E-state index in [2.05, 4.69) is 0 Å². The first kappa shape index (κ1) is 12.9. The first-order valence-electron chi connectivity index (χ1n) is 6.39. The monoisotopic (exact) mass is 248 g/mol. The van der Waals surface area contributed by atoms with E-state index < -0.39 is 0 Å². The molecule has 18 heavy (non-hydrogen) atoms. The van der Waals surface area contributed by atoms with E-state index in [1.165, 1.54) is 0 Å². The highest BCUT2D eigenvalue weighted by Crippen LogP contribution is 2.29. The Labute approximate surface area is 107 Å². The van der Waals surface area contributed by atoms with Gasteiger partial charge in [-0.1, -0.05) is 12.1 Å². The molecule has 1 unspecified atom stereocenters. The van der Waals surface area contributed by atoms with E-state index in [1.54, 1.807) is 18.2 Å². The van der Waals surface area contributed by atoms with Crippen LogP contribution in [-0.4, -0.2) is 28.0 Å². The van der Waals surface area contributed by atoms with Gasteiger partial charge in [-0.2, -0.15) is 0 Å². The highest BCUT2D eigenvalue weighted by atomic mass is 16.3. The molecule has 0 radical (unpaired) electrons. The Morgan fingerprint density at radius 2 is 2.28 bits per heavy atom. The average Bonchev–Trinajstić information content (AvgIpc) is 3.08. The maximum Gasteiger partial charge on any atom is 0.224 e. The lowest BCUT2D eigenvalue weighted by atomic mass is 10.1. The molecule has 0 aromatic heterocycles. The van der Waals surface area contributed by atoms with Gasteiger partial charge in [0.2, 0.25) is 5.91 Å². The zero-order valence-corrected chi connectivity index (χ0v) is 10.7. The number of rotatable bonds is 5. The van der Waals surface area contributed by atoms with Crippen molar-refractivity contribution in [3.63, 3.8) is 0 Å². The van der Waals surface area contributed by atoms with E-state index in [0.29, 0.717) is 19.0 Å². The Morgan fingerprint density at radius 3 is 2.83 bits per heavy atom. The Kier molecular flexibility index (Phi) is 3.87. The molecule has 1 aliphatic carbocycles. The summed E-state index contributed by atoms with van der Waals surface area (Å²) in [5, 5.41) is 9.44. The molecule has 0 spiro atoms. The third-order valence-electron chi connectivity index (χ3n) is 3.07. The Morgan fingerprint density at radius 1 is 1.56 bits per heavy atom. The summed E-state index contributed by atoms with van der Waals surface area (Å²) in [6.07, 6.45) is 2.53. The number of nitrogens with two attached hydrogens (primary N) is 1. The topological polar surface area (TPSA) is 66.6 Å². The van der Waals surface area contributed by atoms with Crippen LogP contribution in [-0.2, 0) is 11.3 Å². The SMILES string of the molecule is CC(N)CC(=O)N(Cc1cccc(O)c1)C1CC1. The van der Waals surface area contributed by atoms with Gasteiger partial charge in [0.25, 0.3) is 0 Å². The molecule has 0 saturated heterocycles. The quantitative estimate of drug-likeness (QED) is 0.832. The smallest absolute Gasteiger partial charge is 0.224 e. The molecular weight excluding hydrogens is 228 g/mol. The van der Waals surface area contributed by atoms with Crippen LogP contribution in [0.25, 0.3) is 0 Å². The molecular formula is C14H20N2O2. The molecule has 1 aliphatic rings. The van der Waals surface area contributed by atoms with E-state index in [9.17, 15) is 9.90 Å². The molecule has 3 N–H and O–H groups in total. The average molecular weight is 248 g/mol. The molecule has 4 nitrogen and oxygen atoms in total. The van der Waals surface area contributed by atoms with Crippen molar-refractivity contribution in [1.82, 2.24) is 4.90 Å². The molecule has 0 bridgehead atoms. The lowest BCUT2D eigenvalue weighted by Crippen LogP contribution is -2.36. The van der Waals surface area contributed by atoms with Gasteiger partial charge in [0.05, 0.1) is 0 Å². The first-order valence-corrected chi connectivity index (χ1v) is 6.39. The fraction of sp³-hybridized carbons (Fsp3) is 0.500. The maximum atomic E-state index is 12.1. The Balaban J connectivity index is 2.04. The molecule has 1 aromatic rings. The first-order chi connectivity index (χ1) is 8.56. The number of carbonyl (C=O) groups is 1. The molecule has 0 aliphatic heterocycles. The van der Waals surface area contributed by atoms with Crippen LogP contribution in [0, 0.1) is 0 Å². The van der Waals surface area contributed by atoms with Crippen molar-refractivity contribution in [2.24, 2.45) is 5.73 Å². The lowest BCUT2D eigenvalue weighted by Gasteiger charge is -2.23. The standard InChI is InChI=1S/C14H20N2O2/c1-10(15)7-14(18)16(12-5-6-12)9-11-3-2-4-13(17)8-11/h2-4,8,10,12,17H,5-7,9,15H2,1H3. The Hall–Kier alpha value is -1.55. The zero-order chi connectivity index (χ0) is 13.1. The fourth-order valence-electron chi connectivity index (χ4n) is 2.05. The molecule has 98 valence electrons. The minimum atomic E-state index is -0.108. The van der Waals surface area contributed by atoms with Crippen molar-refractivity contribution < 1.29 is 9.90 Å². The predicted octanol–water partition coefficient (Wildman–Crippen LogP) is 1.62. The summed E-state index contributed by atoms with van der Waals surface area (Å²) in [6.45, 7) is 2.40. The molecule has 1 fully saturated rings. The van der Waals surface area contributed by atoms with E-state index in [-0.39, 0.29) is 17.7 Å². The molecule has 1 aromatic carbocycles. The maximum absolute atomic E-state index is 12.1. The van der Waals surface area contributed by atoms with E-state index >= 15 is 0 Å². The summed E-state index contributed by atoms with van der Waals surface area (Å²) in [5.74, 6) is 0.346. The van der Waals surface area contributed by atoms with Crippen molar-refractivity contribution in [3.8, 4) is 5.75 Å². The number of hydrogen-bond acceptors (Lipinski definition) is 3. The minimum Gasteiger partial charge on any atom is -0.508 e. The number of phenolic OH excluding ortho intramolecular Hbond substituents is 1. The van der Waals surface area contributed by atoms with Crippen LogP contribution >= 0.6 is 0 Å². The number of benzene rings is 1. The largest absolute Gasteiger partial charge is 0.508 e. The summed E-state index contributed by atoms with van der Waals surface area (Å²) >= 11 is 0. The number of phenols is 1. The van der Waals surface area contributed by atoms with Crippen LogP contribution < -0.4 is 5.73 Å². The number of amides is 1. The van der Waals surface area contributed by atoms with Crippen molar-refractivity contribution >= 4 is 5.91 Å². The molecule has 1 amide bonds. The zero-order valence-electron chi connectivity index (χ0n) is 10.7. The number of nitrogens with zero attached hydrogens (tertiary/aromatic N) is 1. The van der Waals surface area contributed by atoms with Gasteiger partial charge in [0.1, 0.15) is 5.75 Å².